The quantitative estimate of drug-likeness (QED) is 0.371. The summed E-state index contributed by atoms with van der Waals surface area (Å²) in [5, 5.41) is 1.93. The van der Waals surface area contributed by atoms with Crippen molar-refractivity contribution in [3.63, 3.8) is 0 Å². The maximum atomic E-state index is 13.4. The number of hydrogen-bond acceptors (Lipinski definition) is 7. The highest BCUT2D eigenvalue weighted by atomic mass is 79.9. The number of carbonyl (C=O) groups excluding carboxylic acids is 1. The lowest BCUT2D eigenvalue weighted by Gasteiger charge is -2.23. The van der Waals surface area contributed by atoms with E-state index in [-0.39, 0.29) is 12.2 Å². The van der Waals surface area contributed by atoms with E-state index in [1.165, 1.54) is 22.7 Å². The Labute approximate surface area is 194 Å². The summed E-state index contributed by atoms with van der Waals surface area (Å²) >= 11 is 6.26. The highest BCUT2D eigenvalue weighted by molar-refractivity contribution is 9.10. The second kappa shape index (κ2) is 9.44. The lowest BCUT2D eigenvalue weighted by molar-refractivity contribution is -0.140. The summed E-state index contributed by atoms with van der Waals surface area (Å²) in [6.45, 7) is 2.21. The molecular formula is C22H19BrN2O4S2. The molecule has 1 aliphatic rings. The number of ether oxygens (including phenoxy) is 2. The first-order chi connectivity index (χ1) is 15.0. The minimum atomic E-state index is -0.573. The monoisotopic (exact) mass is 518 g/mol. The van der Waals surface area contributed by atoms with Crippen LogP contribution in [-0.2, 0) is 14.3 Å². The van der Waals surface area contributed by atoms with Gasteiger partial charge in [0.1, 0.15) is 12.6 Å². The highest BCUT2D eigenvalue weighted by Crippen LogP contribution is 2.33. The summed E-state index contributed by atoms with van der Waals surface area (Å²) in [4.78, 5) is 32.4. The first-order valence-corrected chi connectivity index (χ1v) is 12.0. The van der Waals surface area contributed by atoms with Crippen LogP contribution in [0, 0.1) is 0 Å². The second-order valence-electron chi connectivity index (χ2n) is 6.78. The number of esters is 1. The van der Waals surface area contributed by atoms with Crippen molar-refractivity contribution in [2.75, 3.05) is 20.3 Å². The number of fused-ring (bicyclic) bond motifs is 1. The summed E-state index contributed by atoms with van der Waals surface area (Å²) in [7, 11) is 1.54. The van der Waals surface area contributed by atoms with Gasteiger partial charge in [-0.1, -0.05) is 45.5 Å². The Balaban J connectivity index is 1.86. The number of aromatic nitrogens is 1. The first kappa shape index (κ1) is 21.9. The summed E-state index contributed by atoms with van der Waals surface area (Å²) < 4.78 is 13.4. The average molecular weight is 519 g/mol. The Kier molecular flexibility index (Phi) is 6.66. The molecule has 3 aromatic rings. The van der Waals surface area contributed by atoms with Gasteiger partial charge in [0.2, 0.25) is 0 Å². The van der Waals surface area contributed by atoms with Gasteiger partial charge in [0.05, 0.1) is 22.4 Å². The standard InChI is InChI=1S/C22H19BrN2O4S2/c1-13-18(21(27)29-9-8-28-2)19(16-7-4-10-30-16)25-20(26)17(31-22(25)24-13)12-14-5-3-6-15(23)11-14/h3-7,10-12,19H,8-9H2,1-2H3/b17-12+/t19-/m1/s1. The summed E-state index contributed by atoms with van der Waals surface area (Å²) in [5.74, 6) is -0.488. The van der Waals surface area contributed by atoms with Gasteiger partial charge in [0.25, 0.3) is 5.56 Å². The molecule has 0 N–H and O–H groups in total. The van der Waals surface area contributed by atoms with Crippen LogP contribution in [0.15, 0.2) is 67.3 Å². The predicted molar refractivity (Wildman–Crippen MR) is 125 cm³/mol. The molecule has 31 heavy (non-hydrogen) atoms. The Hall–Kier alpha value is -2.33. The maximum Gasteiger partial charge on any atom is 0.338 e. The third-order valence-corrected chi connectivity index (χ3v) is 7.12. The minimum Gasteiger partial charge on any atom is -0.460 e. The topological polar surface area (TPSA) is 69.9 Å². The molecule has 0 saturated heterocycles. The fourth-order valence-corrected chi connectivity index (χ4v) is 5.63. The van der Waals surface area contributed by atoms with Crippen LogP contribution < -0.4 is 14.9 Å². The number of thiazole rings is 1. The smallest absolute Gasteiger partial charge is 0.338 e. The van der Waals surface area contributed by atoms with E-state index >= 15 is 0 Å². The molecule has 3 heterocycles. The van der Waals surface area contributed by atoms with Crippen molar-refractivity contribution < 1.29 is 14.3 Å². The van der Waals surface area contributed by atoms with E-state index in [1.807, 2.05) is 47.9 Å². The molecule has 1 atom stereocenters. The number of rotatable bonds is 6. The third kappa shape index (κ3) is 4.50. The number of nitrogens with zero attached hydrogens (tertiary/aromatic N) is 2. The van der Waals surface area contributed by atoms with Crippen molar-refractivity contribution in [3.8, 4) is 0 Å². The Morgan fingerprint density at radius 3 is 2.84 bits per heavy atom. The van der Waals surface area contributed by atoms with Crippen LogP contribution in [-0.4, -0.2) is 30.9 Å². The molecule has 0 aliphatic carbocycles. The molecule has 1 aromatic carbocycles. The van der Waals surface area contributed by atoms with E-state index in [4.69, 9.17) is 9.47 Å². The van der Waals surface area contributed by atoms with E-state index in [2.05, 4.69) is 20.9 Å². The van der Waals surface area contributed by atoms with Crippen LogP contribution in [0.1, 0.15) is 23.4 Å². The molecule has 6 nitrogen and oxygen atoms in total. The zero-order valence-corrected chi connectivity index (χ0v) is 20.1. The summed E-state index contributed by atoms with van der Waals surface area (Å²) in [6, 6.07) is 11.0. The van der Waals surface area contributed by atoms with Gasteiger partial charge in [0, 0.05) is 16.5 Å². The van der Waals surface area contributed by atoms with E-state index < -0.39 is 12.0 Å². The van der Waals surface area contributed by atoms with Gasteiger partial charge in [-0.25, -0.2) is 9.79 Å². The zero-order chi connectivity index (χ0) is 22.0. The molecule has 0 unspecified atom stereocenters. The number of hydrogen-bond donors (Lipinski definition) is 0. The lowest BCUT2D eigenvalue weighted by atomic mass is 10.0. The Morgan fingerprint density at radius 1 is 1.29 bits per heavy atom. The summed E-state index contributed by atoms with van der Waals surface area (Å²) in [5.41, 5.74) is 1.65. The fourth-order valence-electron chi connectivity index (χ4n) is 3.34. The van der Waals surface area contributed by atoms with Gasteiger partial charge < -0.3 is 9.47 Å². The molecular weight excluding hydrogens is 500 g/mol. The van der Waals surface area contributed by atoms with Gasteiger partial charge >= 0.3 is 5.97 Å². The molecule has 4 rings (SSSR count). The molecule has 0 radical (unpaired) electrons. The van der Waals surface area contributed by atoms with Crippen molar-refractivity contribution >= 4 is 50.6 Å². The van der Waals surface area contributed by atoms with Crippen molar-refractivity contribution in [1.29, 1.82) is 0 Å². The third-order valence-electron chi connectivity index (χ3n) is 4.72. The van der Waals surface area contributed by atoms with E-state index in [0.717, 1.165) is 14.9 Å². The minimum absolute atomic E-state index is 0.135. The van der Waals surface area contributed by atoms with Crippen LogP contribution in [0.25, 0.3) is 6.08 Å². The molecule has 9 heteroatoms. The Morgan fingerprint density at radius 2 is 2.13 bits per heavy atom. The SMILES string of the molecule is COCCOC(=O)C1=C(C)N=c2s/c(=C/c3cccc(Br)c3)c(=O)n2[C@@H]1c1cccs1. The molecule has 160 valence electrons. The number of benzene rings is 1. The molecule has 2 aromatic heterocycles. The number of thiophene rings is 1. The number of allylic oxidation sites excluding steroid dienone is 1. The van der Waals surface area contributed by atoms with Gasteiger partial charge in [-0.05, 0) is 42.1 Å². The average Bonchev–Trinajstić information content (AvgIpc) is 3.36. The normalized spacial score (nSPS) is 16.2. The summed E-state index contributed by atoms with van der Waals surface area (Å²) in [6.07, 6.45) is 1.84. The van der Waals surface area contributed by atoms with Crippen LogP contribution in [0.2, 0.25) is 0 Å². The largest absolute Gasteiger partial charge is 0.460 e. The molecule has 1 aliphatic heterocycles. The van der Waals surface area contributed by atoms with Crippen molar-refractivity contribution in [2.24, 2.45) is 4.99 Å². The van der Waals surface area contributed by atoms with E-state index in [9.17, 15) is 9.59 Å². The first-order valence-electron chi connectivity index (χ1n) is 9.47. The van der Waals surface area contributed by atoms with Crippen molar-refractivity contribution in [1.82, 2.24) is 4.57 Å². The predicted octanol–water partition coefficient (Wildman–Crippen LogP) is 3.25. The zero-order valence-electron chi connectivity index (χ0n) is 16.8. The van der Waals surface area contributed by atoms with Crippen LogP contribution in [0.5, 0.6) is 0 Å². The van der Waals surface area contributed by atoms with Gasteiger partial charge in [-0.2, -0.15) is 0 Å². The fraction of sp³-hybridized carbons (Fsp3) is 0.227. The van der Waals surface area contributed by atoms with E-state index in [1.54, 1.807) is 18.6 Å². The molecule has 0 fully saturated rings. The van der Waals surface area contributed by atoms with Gasteiger partial charge in [-0.15, -0.1) is 11.3 Å². The highest BCUT2D eigenvalue weighted by Gasteiger charge is 2.33. The molecule has 0 spiro atoms. The number of carbonyl (C=O) groups is 1. The molecule has 0 saturated carbocycles. The van der Waals surface area contributed by atoms with Crippen molar-refractivity contribution in [3.05, 3.63) is 87.6 Å². The van der Waals surface area contributed by atoms with Gasteiger partial charge in [0.15, 0.2) is 4.80 Å². The maximum absolute atomic E-state index is 13.4. The second-order valence-corrected chi connectivity index (χ2v) is 9.68. The number of methoxy groups -OCH3 is 1. The van der Waals surface area contributed by atoms with E-state index in [0.29, 0.717) is 27.2 Å². The van der Waals surface area contributed by atoms with Crippen LogP contribution in [0.4, 0.5) is 0 Å². The lowest BCUT2D eigenvalue weighted by Crippen LogP contribution is -2.39. The van der Waals surface area contributed by atoms with Crippen LogP contribution in [0.3, 0.4) is 0 Å². The Bertz CT molecular complexity index is 1320. The molecule has 0 bridgehead atoms. The van der Waals surface area contributed by atoms with Crippen molar-refractivity contribution in [2.45, 2.75) is 13.0 Å². The molecule has 0 amide bonds. The van der Waals surface area contributed by atoms with Crippen LogP contribution >= 0.6 is 38.6 Å². The van der Waals surface area contributed by atoms with Gasteiger partial charge in [-0.3, -0.25) is 9.36 Å². The number of halogens is 1.